The first-order valence-electron chi connectivity index (χ1n) is 7.77. The van der Waals surface area contributed by atoms with Crippen LogP contribution in [0.4, 0.5) is 5.69 Å². The number of benzene rings is 2. The molecule has 2 aromatic carbocycles. The standard InChI is InChI=1S/C20H14N2OS2/c23-19(11-12-20-22-16-8-3-4-9-18(16)25-20)21-15-7-2-1-6-14(15)17-10-5-13-24-17/h1-13H,(H,21,23)/b12-11+. The largest absolute Gasteiger partial charge is 0.322 e. The first-order valence-corrected chi connectivity index (χ1v) is 9.47. The van der Waals surface area contributed by atoms with E-state index in [9.17, 15) is 4.79 Å². The maximum absolute atomic E-state index is 12.3. The Labute approximate surface area is 153 Å². The molecule has 1 N–H and O–H groups in total. The van der Waals surface area contributed by atoms with Gasteiger partial charge in [-0.2, -0.15) is 0 Å². The highest BCUT2D eigenvalue weighted by Gasteiger charge is 2.07. The van der Waals surface area contributed by atoms with Crippen molar-refractivity contribution in [1.82, 2.24) is 4.98 Å². The molecular formula is C20H14N2OS2. The minimum atomic E-state index is -0.164. The summed E-state index contributed by atoms with van der Waals surface area (Å²) in [6.45, 7) is 0. The first kappa shape index (κ1) is 15.7. The maximum Gasteiger partial charge on any atom is 0.248 e. The number of fused-ring (bicyclic) bond motifs is 1. The van der Waals surface area contributed by atoms with E-state index in [4.69, 9.17) is 0 Å². The van der Waals surface area contributed by atoms with Crippen LogP contribution in [0.2, 0.25) is 0 Å². The lowest BCUT2D eigenvalue weighted by Gasteiger charge is -2.08. The van der Waals surface area contributed by atoms with Crippen LogP contribution in [0, 0.1) is 0 Å². The molecule has 25 heavy (non-hydrogen) atoms. The van der Waals surface area contributed by atoms with Gasteiger partial charge < -0.3 is 5.32 Å². The molecule has 0 aliphatic heterocycles. The molecule has 5 heteroatoms. The second-order valence-corrected chi connectivity index (χ2v) is 7.38. The molecule has 0 bridgehead atoms. The van der Waals surface area contributed by atoms with E-state index in [1.54, 1.807) is 28.7 Å². The van der Waals surface area contributed by atoms with Crippen LogP contribution in [0.15, 0.2) is 72.1 Å². The molecule has 0 aliphatic rings. The molecule has 1 amide bonds. The number of rotatable bonds is 4. The average molecular weight is 362 g/mol. The second kappa shape index (κ2) is 7.01. The fraction of sp³-hybridized carbons (Fsp3) is 0. The summed E-state index contributed by atoms with van der Waals surface area (Å²) < 4.78 is 1.12. The summed E-state index contributed by atoms with van der Waals surface area (Å²) in [7, 11) is 0. The molecule has 0 saturated carbocycles. The molecule has 0 unspecified atom stereocenters. The van der Waals surface area contributed by atoms with Gasteiger partial charge in [-0.3, -0.25) is 4.79 Å². The van der Waals surface area contributed by atoms with Crippen molar-refractivity contribution in [3.8, 4) is 10.4 Å². The minimum Gasteiger partial charge on any atom is -0.322 e. The van der Waals surface area contributed by atoms with Crippen molar-refractivity contribution in [3.63, 3.8) is 0 Å². The number of anilines is 1. The molecule has 3 nitrogen and oxygen atoms in total. The highest BCUT2D eigenvalue weighted by atomic mass is 32.1. The molecule has 4 aromatic rings. The fourth-order valence-corrected chi connectivity index (χ4v) is 4.16. The van der Waals surface area contributed by atoms with Crippen molar-refractivity contribution in [2.75, 3.05) is 5.32 Å². The van der Waals surface area contributed by atoms with Crippen LogP contribution in [0.3, 0.4) is 0 Å². The number of amides is 1. The number of nitrogens with zero attached hydrogens (tertiary/aromatic N) is 1. The van der Waals surface area contributed by atoms with Gasteiger partial charge in [0.2, 0.25) is 5.91 Å². The van der Waals surface area contributed by atoms with Gasteiger partial charge in [0.15, 0.2) is 0 Å². The summed E-state index contributed by atoms with van der Waals surface area (Å²) in [5.41, 5.74) is 2.79. The van der Waals surface area contributed by atoms with E-state index in [-0.39, 0.29) is 5.91 Å². The van der Waals surface area contributed by atoms with E-state index in [1.807, 2.05) is 66.0 Å². The van der Waals surface area contributed by atoms with Crippen molar-refractivity contribution in [1.29, 1.82) is 0 Å². The van der Waals surface area contributed by atoms with Crippen LogP contribution in [0.5, 0.6) is 0 Å². The van der Waals surface area contributed by atoms with Crippen molar-refractivity contribution in [2.24, 2.45) is 0 Å². The van der Waals surface area contributed by atoms with Crippen molar-refractivity contribution in [3.05, 3.63) is 77.1 Å². The van der Waals surface area contributed by atoms with E-state index < -0.39 is 0 Å². The molecule has 0 spiro atoms. The van der Waals surface area contributed by atoms with Gasteiger partial charge in [0.05, 0.1) is 10.2 Å². The Kier molecular flexibility index (Phi) is 4.41. The van der Waals surface area contributed by atoms with E-state index >= 15 is 0 Å². The van der Waals surface area contributed by atoms with Gasteiger partial charge in [0.25, 0.3) is 0 Å². The number of carbonyl (C=O) groups is 1. The van der Waals surface area contributed by atoms with Gasteiger partial charge in [0.1, 0.15) is 5.01 Å². The lowest BCUT2D eigenvalue weighted by molar-refractivity contribution is -0.111. The Balaban J connectivity index is 1.53. The zero-order chi connectivity index (χ0) is 17.1. The molecule has 122 valence electrons. The highest BCUT2D eigenvalue weighted by molar-refractivity contribution is 7.19. The molecule has 0 aliphatic carbocycles. The van der Waals surface area contributed by atoms with Gasteiger partial charge >= 0.3 is 0 Å². The smallest absolute Gasteiger partial charge is 0.248 e. The molecule has 0 atom stereocenters. The third-order valence-electron chi connectivity index (χ3n) is 3.66. The van der Waals surface area contributed by atoms with E-state index in [0.717, 1.165) is 31.4 Å². The third-order valence-corrected chi connectivity index (χ3v) is 5.56. The summed E-state index contributed by atoms with van der Waals surface area (Å²) in [6, 6.07) is 19.8. The third kappa shape index (κ3) is 3.52. The predicted octanol–water partition coefficient (Wildman–Crippen LogP) is 5.68. The van der Waals surface area contributed by atoms with Gasteiger partial charge in [0, 0.05) is 22.2 Å². The van der Waals surface area contributed by atoms with Gasteiger partial charge in [-0.1, -0.05) is 36.4 Å². The number of nitrogens with one attached hydrogen (secondary N) is 1. The number of hydrogen-bond donors (Lipinski definition) is 1. The molecule has 2 heterocycles. The van der Waals surface area contributed by atoms with Crippen molar-refractivity contribution in [2.45, 2.75) is 0 Å². The lowest BCUT2D eigenvalue weighted by atomic mass is 10.1. The summed E-state index contributed by atoms with van der Waals surface area (Å²) in [4.78, 5) is 17.9. The summed E-state index contributed by atoms with van der Waals surface area (Å²) in [5.74, 6) is -0.164. The number of thiophene rings is 1. The van der Waals surface area contributed by atoms with Crippen LogP contribution in [-0.4, -0.2) is 10.9 Å². The molecular weight excluding hydrogens is 348 g/mol. The summed E-state index contributed by atoms with van der Waals surface area (Å²) in [6.07, 6.45) is 3.29. The van der Waals surface area contributed by atoms with Crippen LogP contribution in [0.1, 0.15) is 5.01 Å². The van der Waals surface area contributed by atoms with Gasteiger partial charge in [-0.15, -0.1) is 22.7 Å². The number of para-hydroxylation sites is 2. The van der Waals surface area contributed by atoms with Gasteiger partial charge in [-0.25, -0.2) is 4.98 Å². The zero-order valence-corrected chi connectivity index (χ0v) is 14.8. The minimum absolute atomic E-state index is 0.164. The highest BCUT2D eigenvalue weighted by Crippen LogP contribution is 2.31. The van der Waals surface area contributed by atoms with Gasteiger partial charge in [-0.05, 0) is 35.7 Å². The van der Waals surface area contributed by atoms with E-state index in [1.165, 1.54) is 6.08 Å². The van der Waals surface area contributed by atoms with Crippen LogP contribution in [0.25, 0.3) is 26.7 Å². The normalized spacial score (nSPS) is 11.2. The molecule has 0 radical (unpaired) electrons. The summed E-state index contributed by atoms with van der Waals surface area (Å²) >= 11 is 3.22. The Hall–Kier alpha value is -2.76. The van der Waals surface area contributed by atoms with Crippen LogP contribution < -0.4 is 5.32 Å². The van der Waals surface area contributed by atoms with E-state index in [2.05, 4.69) is 10.3 Å². The fourth-order valence-electron chi connectivity index (χ4n) is 2.52. The Morgan fingerprint density at radius 1 is 1.00 bits per heavy atom. The second-order valence-electron chi connectivity index (χ2n) is 5.37. The Morgan fingerprint density at radius 3 is 2.68 bits per heavy atom. The SMILES string of the molecule is O=C(/C=C/c1nc2ccccc2s1)Nc1ccccc1-c1cccs1. The monoisotopic (exact) mass is 362 g/mol. The molecule has 2 aromatic heterocycles. The lowest BCUT2D eigenvalue weighted by Crippen LogP contribution is -2.08. The molecule has 4 rings (SSSR count). The Morgan fingerprint density at radius 2 is 1.84 bits per heavy atom. The molecule has 0 saturated heterocycles. The number of aromatic nitrogens is 1. The van der Waals surface area contributed by atoms with Crippen LogP contribution in [-0.2, 0) is 4.79 Å². The van der Waals surface area contributed by atoms with Crippen LogP contribution >= 0.6 is 22.7 Å². The Bertz CT molecular complexity index is 1020. The molecule has 0 fully saturated rings. The quantitative estimate of drug-likeness (QED) is 0.475. The van der Waals surface area contributed by atoms with E-state index in [0.29, 0.717) is 0 Å². The summed E-state index contributed by atoms with van der Waals surface area (Å²) in [5, 5.41) is 5.81. The van der Waals surface area contributed by atoms with Crippen molar-refractivity contribution >= 4 is 50.6 Å². The number of thiazole rings is 1. The van der Waals surface area contributed by atoms with Crippen molar-refractivity contribution < 1.29 is 4.79 Å². The zero-order valence-electron chi connectivity index (χ0n) is 13.2. The predicted molar refractivity (Wildman–Crippen MR) is 107 cm³/mol. The number of hydrogen-bond acceptors (Lipinski definition) is 4. The topological polar surface area (TPSA) is 42.0 Å². The average Bonchev–Trinajstić information content (AvgIpc) is 3.30. The number of carbonyl (C=O) groups excluding carboxylic acids is 1. The maximum atomic E-state index is 12.3. The first-order chi connectivity index (χ1) is 12.3.